The van der Waals surface area contributed by atoms with E-state index < -0.39 is 0 Å². The SMILES string of the molecule is c1ccc2c(c1)NCC(c1nc3ccccc3o1)O2. The summed E-state index contributed by atoms with van der Waals surface area (Å²) < 4.78 is 11.7. The molecule has 19 heavy (non-hydrogen) atoms. The first kappa shape index (κ1) is 10.4. The Balaban J connectivity index is 1.70. The largest absolute Gasteiger partial charge is 0.477 e. The zero-order chi connectivity index (χ0) is 12.7. The summed E-state index contributed by atoms with van der Waals surface area (Å²) in [6.45, 7) is 0.657. The van der Waals surface area contributed by atoms with E-state index in [2.05, 4.69) is 10.3 Å². The number of nitrogens with zero attached hydrogens (tertiary/aromatic N) is 1. The maximum Gasteiger partial charge on any atom is 0.238 e. The number of aromatic nitrogens is 1. The summed E-state index contributed by atoms with van der Waals surface area (Å²) in [7, 11) is 0. The van der Waals surface area contributed by atoms with Gasteiger partial charge in [0.05, 0.1) is 12.2 Å². The maximum absolute atomic E-state index is 5.93. The van der Waals surface area contributed by atoms with Gasteiger partial charge in [-0.25, -0.2) is 4.98 Å². The van der Waals surface area contributed by atoms with Crippen molar-refractivity contribution in [3.8, 4) is 5.75 Å². The number of rotatable bonds is 1. The van der Waals surface area contributed by atoms with E-state index >= 15 is 0 Å². The highest BCUT2D eigenvalue weighted by atomic mass is 16.5. The van der Waals surface area contributed by atoms with Crippen LogP contribution in [0, 0.1) is 0 Å². The van der Waals surface area contributed by atoms with Crippen LogP contribution < -0.4 is 10.1 Å². The van der Waals surface area contributed by atoms with Gasteiger partial charge in [0, 0.05) is 0 Å². The highest BCUT2D eigenvalue weighted by Gasteiger charge is 2.25. The number of ether oxygens (including phenoxy) is 1. The molecule has 0 aliphatic carbocycles. The molecule has 1 unspecified atom stereocenters. The van der Waals surface area contributed by atoms with Crippen molar-refractivity contribution in [1.82, 2.24) is 4.98 Å². The Morgan fingerprint density at radius 1 is 1.05 bits per heavy atom. The van der Waals surface area contributed by atoms with Gasteiger partial charge in [-0.15, -0.1) is 0 Å². The summed E-state index contributed by atoms with van der Waals surface area (Å²) in [4.78, 5) is 4.48. The molecule has 1 N–H and O–H groups in total. The number of oxazole rings is 1. The predicted octanol–water partition coefficient (Wildman–Crippen LogP) is 3.37. The second kappa shape index (κ2) is 4.02. The lowest BCUT2D eigenvalue weighted by Gasteiger charge is -2.25. The molecular weight excluding hydrogens is 240 g/mol. The standard InChI is InChI=1S/C15H12N2O2/c1-3-7-12-10(5-1)16-9-14(18-12)15-17-11-6-2-4-8-13(11)19-15/h1-8,14,16H,9H2. The van der Waals surface area contributed by atoms with Crippen LogP contribution in [0.5, 0.6) is 5.75 Å². The molecule has 1 aliphatic heterocycles. The normalized spacial score (nSPS) is 17.6. The number of anilines is 1. The van der Waals surface area contributed by atoms with Crippen molar-refractivity contribution in [1.29, 1.82) is 0 Å². The molecule has 4 rings (SSSR count). The molecule has 2 heterocycles. The van der Waals surface area contributed by atoms with Crippen LogP contribution in [0.3, 0.4) is 0 Å². The fourth-order valence-electron chi connectivity index (χ4n) is 2.28. The molecule has 0 radical (unpaired) electrons. The first-order valence-corrected chi connectivity index (χ1v) is 6.25. The molecule has 1 aliphatic rings. The zero-order valence-corrected chi connectivity index (χ0v) is 10.2. The topological polar surface area (TPSA) is 47.3 Å². The van der Waals surface area contributed by atoms with Gasteiger partial charge in [-0.2, -0.15) is 0 Å². The van der Waals surface area contributed by atoms with Crippen LogP contribution in [0.4, 0.5) is 5.69 Å². The monoisotopic (exact) mass is 252 g/mol. The van der Waals surface area contributed by atoms with E-state index in [-0.39, 0.29) is 6.10 Å². The first-order valence-electron chi connectivity index (χ1n) is 6.25. The minimum Gasteiger partial charge on any atom is -0.477 e. The summed E-state index contributed by atoms with van der Waals surface area (Å²) in [5.74, 6) is 1.45. The molecule has 0 bridgehead atoms. The van der Waals surface area contributed by atoms with E-state index in [4.69, 9.17) is 9.15 Å². The van der Waals surface area contributed by atoms with Crippen molar-refractivity contribution in [2.75, 3.05) is 11.9 Å². The van der Waals surface area contributed by atoms with E-state index in [1.54, 1.807) is 0 Å². The van der Waals surface area contributed by atoms with Crippen LogP contribution in [0.15, 0.2) is 52.9 Å². The van der Waals surface area contributed by atoms with Crippen molar-refractivity contribution < 1.29 is 9.15 Å². The molecule has 0 saturated heterocycles. The first-order chi connectivity index (χ1) is 9.40. The summed E-state index contributed by atoms with van der Waals surface area (Å²) in [5, 5.41) is 3.33. The van der Waals surface area contributed by atoms with Crippen LogP contribution in [-0.2, 0) is 0 Å². The van der Waals surface area contributed by atoms with E-state index in [9.17, 15) is 0 Å². The van der Waals surface area contributed by atoms with Gasteiger partial charge >= 0.3 is 0 Å². The fraction of sp³-hybridized carbons (Fsp3) is 0.133. The Bertz CT molecular complexity index is 703. The molecule has 4 nitrogen and oxygen atoms in total. The Morgan fingerprint density at radius 2 is 1.89 bits per heavy atom. The number of fused-ring (bicyclic) bond motifs is 2. The maximum atomic E-state index is 5.93. The molecule has 0 amide bonds. The zero-order valence-electron chi connectivity index (χ0n) is 10.2. The van der Waals surface area contributed by atoms with E-state index in [1.165, 1.54) is 0 Å². The van der Waals surface area contributed by atoms with Crippen molar-refractivity contribution in [3.63, 3.8) is 0 Å². The summed E-state index contributed by atoms with van der Waals surface area (Å²) in [6, 6.07) is 15.6. The van der Waals surface area contributed by atoms with Crippen LogP contribution in [0.25, 0.3) is 11.1 Å². The van der Waals surface area contributed by atoms with Crippen molar-refractivity contribution in [2.45, 2.75) is 6.10 Å². The second-order valence-corrected chi connectivity index (χ2v) is 4.50. The van der Waals surface area contributed by atoms with Crippen molar-refractivity contribution >= 4 is 16.8 Å². The summed E-state index contributed by atoms with van der Waals surface area (Å²) in [6.07, 6.45) is -0.192. The molecule has 2 aromatic carbocycles. The van der Waals surface area contributed by atoms with Crippen LogP contribution >= 0.6 is 0 Å². The number of hydrogen-bond donors (Lipinski definition) is 1. The van der Waals surface area contributed by atoms with Crippen LogP contribution in [0.1, 0.15) is 12.0 Å². The Hall–Kier alpha value is -2.49. The van der Waals surface area contributed by atoms with Gasteiger partial charge in [0.15, 0.2) is 11.7 Å². The molecule has 1 aromatic heterocycles. The second-order valence-electron chi connectivity index (χ2n) is 4.50. The third kappa shape index (κ3) is 1.73. The Labute approximate surface area is 110 Å². The number of benzene rings is 2. The third-order valence-corrected chi connectivity index (χ3v) is 3.22. The molecule has 94 valence electrons. The van der Waals surface area contributed by atoms with Gasteiger partial charge in [-0.1, -0.05) is 24.3 Å². The average molecular weight is 252 g/mol. The van der Waals surface area contributed by atoms with Crippen molar-refractivity contribution in [2.24, 2.45) is 0 Å². The predicted molar refractivity (Wildman–Crippen MR) is 72.3 cm³/mol. The molecule has 0 fully saturated rings. The van der Waals surface area contributed by atoms with Gasteiger partial charge in [0.1, 0.15) is 11.3 Å². The van der Waals surface area contributed by atoms with Gasteiger partial charge in [0.25, 0.3) is 0 Å². The van der Waals surface area contributed by atoms with Crippen LogP contribution in [0.2, 0.25) is 0 Å². The lowest BCUT2D eigenvalue weighted by atomic mass is 10.2. The smallest absolute Gasteiger partial charge is 0.238 e. The minimum absolute atomic E-state index is 0.192. The minimum atomic E-state index is -0.192. The Kier molecular flexibility index (Phi) is 2.21. The van der Waals surface area contributed by atoms with Gasteiger partial charge in [-0.3, -0.25) is 0 Å². The quantitative estimate of drug-likeness (QED) is 0.721. The van der Waals surface area contributed by atoms with Gasteiger partial charge < -0.3 is 14.5 Å². The highest BCUT2D eigenvalue weighted by Crippen LogP contribution is 2.34. The fourth-order valence-corrected chi connectivity index (χ4v) is 2.28. The molecule has 4 heteroatoms. The van der Waals surface area contributed by atoms with Gasteiger partial charge in [0.2, 0.25) is 5.89 Å². The van der Waals surface area contributed by atoms with E-state index in [0.29, 0.717) is 12.4 Å². The number of para-hydroxylation sites is 4. The summed E-state index contributed by atoms with van der Waals surface area (Å²) in [5.41, 5.74) is 2.66. The molecule has 3 aromatic rings. The summed E-state index contributed by atoms with van der Waals surface area (Å²) >= 11 is 0. The lowest BCUT2D eigenvalue weighted by Crippen LogP contribution is -2.23. The molecule has 0 spiro atoms. The van der Waals surface area contributed by atoms with Gasteiger partial charge in [-0.05, 0) is 24.3 Å². The number of nitrogens with one attached hydrogen (secondary N) is 1. The Morgan fingerprint density at radius 3 is 2.84 bits per heavy atom. The highest BCUT2D eigenvalue weighted by molar-refractivity contribution is 5.72. The average Bonchev–Trinajstić information content (AvgIpc) is 2.90. The van der Waals surface area contributed by atoms with Crippen LogP contribution in [-0.4, -0.2) is 11.5 Å². The molecule has 1 atom stereocenters. The van der Waals surface area contributed by atoms with E-state index in [1.807, 2.05) is 48.5 Å². The number of hydrogen-bond acceptors (Lipinski definition) is 4. The third-order valence-electron chi connectivity index (χ3n) is 3.22. The van der Waals surface area contributed by atoms with Crippen molar-refractivity contribution in [3.05, 3.63) is 54.4 Å². The molecular formula is C15H12N2O2. The molecule has 0 saturated carbocycles. The van der Waals surface area contributed by atoms with E-state index in [0.717, 1.165) is 22.5 Å². The lowest BCUT2D eigenvalue weighted by molar-refractivity contribution is 0.177.